The van der Waals surface area contributed by atoms with Crippen LogP contribution in [0.15, 0.2) is 66.7 Å². The maximum Gasteiger partial charge on any atom is 0.319 e. The van der Waals surface area contributed by atoms with Crippen LogP contribution in [-0.2, 0) is 12.8 Å². The van der Waals surface area contributed by atoms with Crippen molar-refractivity contribution in [2.24, 2.45) is 0 Å². The summed E-state index contributed by atoms with van der Waals surface area (Å²) in [5.74, 6) is 0.498. The van der Waals surface area contributed by atoms with Crippen molar-refractivity contribution in [3.63, 3.8) is 0 Å². The predicted octanol–water partition coefficient (Wildman–Crippen LogP) is 4.67. The average Bonchev–Trinajstić information content (AvgIpc) is 3.19. The second-order valence-electron chi connectivity index (χ2n) is 7.00. The molecule has 1 atom stereocenters. The van der Waals surface area contributed by atoms with Gasteiger partial charge in [0.25, 0.3) is 0 Å². The van der Waals surface area contributed by atoms with Crippen LogP contribution in [0, 0.1) is 11.6 Å². The molecule has 0 unspecified atom stereocenters. The molecule has 0 bridgehead atoms. The number of carbonyl (C=O) groups is 1. The number of rotatable bonds is 6. The van der Waals surface area contributed by atoms with Gasteiger partial charge < -0.3 is 20.1 Å². The molecule has 2 amide bonds. The molecule has 7 heteroatoms. The summed E-state index contributed by atoms with van der Waals surface area (Å²) in [6.45, 7) is 0.182. The number of halogens is 2. The summed E-state index contributed by atoms with van der Waals surface area (Å²) in [6.07, 6.45) is 0.970. The number of fused-ring (bicyclic) bond motifs is 1. The fourth-order valence-electron chi connectivity index (χ4n) is 3.34. The van der Waals surface area contributed by atoms with Crippen LogP contribution in [0.25, 0.3) is 0 Å². The normalized spacial score (nSPS) is 13.0. The van der Waals surface area contributed by atoms with Crippen LogP contribution in [0.5, 0.6) is 11.5 Å². The van der Waals surface area contributed by atoms with E-state index in [2.05, 4.69) is 10.6 Å². The van der Waals surface area contributed by atoms with Gasteiger partial charge in [-0.3, -0.25) is 0 Å². The number of hydrogen-bond donors (Lipinski definition) is 2. The van der Waals surface area contributed by atoms with Gasteiger partial charge in [0.15, 0.2) is 11.5 Å². The number of carbonyl (C=O) groups excluding carboxylic acids is 1. The van der Waals surface area contributed by atoms with Gasteiger partial charge in [0.2, 0.25) is 6.79 Å². The van der Waals surface area contributed by atoms with Crippen LogP contribution >= 0.6 is 0 Å². The first-order valence-corrected chi connectivity index (χ1v) is 9.52. The number of nitrogens with one attached hydrogen (secondary N) is 2. The number of amides is 2. The summed E-state index contributed by atoms with van der Waals surface area (Å²) < 4.78 is 37.8. The molecule has 4 rings (SSSR count). The number of ether oxygens (including phenoxy) is 2. The second kappa shape index (κ2) is 8.82. The van der Waals surface area contributed by atoms with Crippen molar-refractivity contribution in [3.8, 4) is 11.5 Å². The van der Waals surface area contributed by atoms with Crippen molar-refractivity contribution >= 4 is 11.7 Å². The Morgan fingerprint density at radius 1 is 0.900 bits per heavy atom. The zero-order chi connectivity index (χ0) is 20.9. The molecule has 0 radical (unpaired) electrons. The van der Waals surface area contributed by atoms with Crippen LogP contribution in [0.1, 0.15) is 11.1 Å². The minimum atomic E-state index is -0.520. The van der Waals surface area contributed by atoms with Crippen LogP contribution < -0.4 is 20.1 Å². The summed E-state index contributed by atoms with van der Waals surface area (Å²) in [5, 5.41) is 5.42. The molecule has 0 spiro atoms. The first-order valence-electron chi connectivity index (χ1n) is 9.52. The summed E-state index contributed by atoms with van der Waals surface area (Å²) in [4.78, 5) is 12.5. The summed E-state index contributed by atoms with van der Waals surface area (Å²) in [7, 11) is 0. The standard InChI is InChI=1S/C23H20F2N2O3/c24-17-8-5-15(6-9-17)11-18(12-16-7-10-21-22(13-16)30-14-29-21)26-23(28)27-20-4-2-1-3-19(20)25/h1-10,13,18H,11-12,14H2,(H2,26,27,28)/t18-/m1/s1. The van der Waals surface area contributed by atoms with Gasteiger partial charge in [-0.25, -0.2) is 13.6 Å². The molecule has 1 heterocycles. The van der Waals surface area contributed by atoms with E-state index >= 15 is 0 Å². The number of benzene rings is 3. The van der Waals surface area contributed by atoms with E-state index in [0.29, 0.717) is 24.3 Å². The lowest BCUT2D eigenvalue weighted by Gasteiger charge is -2.20. The zero-order valence-corrected chi connectivity index (χ0v) is 16.0. The SMILES string of the molecule is O=C(Nc1ccccc1F)N[C@H](Cc1ccc(F)cc1)Cc1ccc2c(c1)OCO2. The van der Waals surface area contributed by atoms with Crippen molar-refractivity contribution < 1.29 is 23.0 Å². The first kappa shape index (κ1) is 19.7. The van der Waals surface area contributed by atoms with Gasteiger partial charge >= 0.3 is 6.03 Å². The molecule has 1 aliphatic heterocycles. The van der Waals surface area contributed by atoms with Crippen molar-refractivity contribution in [2.45, 2.75) is 18.9 Å². The third-order valence-corrected chi connectivity index (χ3v) is 4.77. The van der Waals surface area contributed by atoms with E-state index in [-0.39, 0.29) is 24.3 Å². The summed E-state index contributed by atoms with van der Waals surface area (Å²) in [5.41, 5.74) is 1.91. The van der Waals surface area contributed by atoms with E-state index in [0.717, 1.165) is 11.1 Å². The minimum absolute atomic E-state index is 0.0959. The number of hydrogen-bond acceptors (Lipinski definition) is 3. The van der Waals surface area contributed by atoms with E-state index in [9.17, 15) is 13.6 Å². The maximum atomic E-state index is 13.8. The Labute approximate surface area is 172 Å². The highest BCUT2D eigenvalue weighted by Gasteiger charge is 2.18. The summed E-state index contributed by atoms with van der Waals surface area (Å²) >= 11 is 0. The molecule has 3 aromatic carbocycles. The average molecular weight is 410 g/mol. The first-order chi connectivity index (χ1) is 14.6. The fraction of sp³-hybridized carbons (Fsp3) is 0.174. The van der Waals surface area contributed by atoms with Crippen molar-refractivity contribution in [2.75, 3.05) is 12.1 Å². The van der Waals surface area contributed by atoms with Gasteiger partial charge in [0.1, 0.15) is 11.6 Å². The minimum Gasteiger partial charge on any atom is -0.454 e. The van der Waals surface area contributed by atoms with Crippen LogP contribution in [0.3, 0.4) is 0 Å². The predicted molar refractivity (Wildman–Crippen MR) is 109 cm³/mol. The van der Waals surface area contributed by atoms with Crippen LogP contribution in [0.4, 0.5) is 19.3 Å². The third kappa shape index (κ3) is 4.86. The fourth-order valence-corrected chi connectivity index (χ4v) is 3.34. The molecule has 0 saturated carbocycles. The lowest BCUT2D eigenvalue weighted by atomic mass is 9.98. The quantitative estimate of drug-likeness (QED) is 0.621. The smallest absolute Gasteiger partial charge is 0.319 e. The zero-order valence-electron chi connectivity index (χ0n) is 16.0. The van der Waals surface area contributed by atoms with Gasteiger partial charge in [0, 0.05) is 6.04 Å². The molecule has 30 heavy (non-hydrogen) atoms. The molecule has 0 fully saturated rings. The van der Waals surface area contributed by atoms with Crippen molar-refractivity contribution in [1.82, 2.24) is 5.32 Å². The lowest BCUT2D eigenvalue weighted by Crippen LogP contribution is -2.40. The van der Waals surface area contributed by atoms with E-state index in [1.807, 2.05) is 18.2 Å². The molecule has 0 saturated heterocycles. The Balaban J connectivity index is 1.49. The van der Waals surface area contributed by atoms with Crippen molar-refractivity contribution in [1.29, 1.82) is 0 Å². The van der Waals surface area contributed by atoms with Crippen molar-refractivity contribution in [3.05, 3.63) is 89.5 Å². The van der Waals surface area contributed by atoms with Gasteiger partial charge in [0.05, 0.1) is 5.69 Å². The Hall–Kier alpha value is -3.61. The van der Waals surface area contributed by atoms with Gasteiger partial charge in [-0.2, -0.15) is 0 Å². The summed E-state index contributed by atoms with van der Waals surface area (Å²) in [6, 6.07) is 16.8. The van der Waals surface area contributed by atoms with E-state index < -0.39 is 11.8 Å². The van der Waals surface area contributed by atoms with E-state index in [4.69, 9.17) is 9.47 Å². The molecule has 5 nitrogen and oxygen atoms in total. The largest absolute Gasteiger partial charge is 0.454 e. The Kier molecular flexibility index (Phi) is 5.79. The molecule has 1 aliphatic rings. The molecular weight excluding hydrogens is 390 g/mol. The number of anilines is 1. The van der Waals surface area contributed by atoms with Crippen LogP contribution in [0.2, 0.25) is 0 Å². The van der Waals surface area contributed by atoms with Gasteiger partial charge in [-0.1, -0.05) is 30.3 Å². The van der Waals surface area contributed by atoms with E-state index in [1.54, 1.807) is 24.3 Å². The van der Waals surface area contributed by atoms with Gasteiger partial charge in [-0.05, 0) is 60.4 Å². The Morgan fingerprint density at radius 2 is 1.60 bits per heavy atom. The molecule has 3 aromatic rings. The monoisotopic (exact) mass is 410 g/mol. The number of para-hydroxylation sites is 1. The third-order valence-electron chi connectivity index (χ3n) is 4.77. The topological polar surface area (TPSA) is 59.6 Å². The molecular formula is C23H20F2N2O3. The molecule has 0 aromatic heterocycles. The van der Waals surface area contributed by atoms with Gasteiger partial charge in [-0.15, -0.1) is 0 Å². The Bertz CT molecular complexity index is 1040. The highest BCUT2D eigenvalue weighted by Crippen LogP contribution is 2.33. The highest BCUT2D eigenvalue weighted by atomic mass is 19.1. The maximum absolute atomic E-state index is 13.8. The van der Waals surface area contributed by atoms with Crippen LogP contribution in [-0.4, -0.2) is 18.9 Å². The molecule has 2 N–H and O–H groups in total. The molecule has 154 valence electrons. The second-order valence-corrected chi connectivity index (χ2v) is 7.00. The Morgan fingerprint density at radius 3 is 2.40 bits per heavy atom. The lowest BCUT2D eigenvalue weighted by molar-refractivity contribution is 0.174. The van der Waals surface area contributed by atoms with E-state index in [1.165, 1.54) is 24.3 Å². The molecule has 0 aliphatic carbocycles. The number of urea groups is 1. The highest BCUT2D eigenvalue weighted by molar-refractivity contribution is 5.89.